The van der Waals surface area contributed by atoms with Crippen molar-refractivity contribution in [3.63, 3.8) is 0 Å². The molecule has 1 aliphatic heterocycles. The number of carbonyl (C=O) groups is 1. The van der Waals surface area contributed by atoms with Gasteiger partial charge in [0.25, 0.3) is 0 Å². The van der Waals surface area contributed by atoms with E-state index in [9.17, 15) is 13.6 Å². The fraction of sp³-hybridized carbons (Fsp3) is 0.391. The van der Waals surface area contributed by atoms with Crippen molar-refractivity contribution in [2.75, 3.05) is 13.6 Å². The number of likely N-dealkylation sites (N-methyl/N-ethyl adjacent to an activating group) is 1. The van der Waals surface area contributed by atoms with Gasteiger partial charge in [-0.2, -0.15) is 8.78 Å². The topological polar surface area (TPSA) is 67.9 Å². The van der Waals surface area contributed by atoms with Crippen molar-refractivity contribution in [1.82, 2.24) is 4.90 Å². The second-order valence-electron chi connectivity index (χ2n) is 8.62. The number of guanidine groups is 1. The number of alkyl halides is 2. The molecule has 0 bridgehead atoms. The summed E-state index contributed by atoms with van der Waals surface area (Å²) in [6.07, 6.45) is 0.536. The molecule has 0 aromatic heterocycles. The molecular formula is C23H25F2N3O2. The van der Waals surface area contributed by atoms with E-state index >= 15 is 0 Å². The molecule has 0 spiro atoms. The maximum Gasteiger partial charge on any atom is 0.387 e. The normalized spacial score (nSPS) is 25.3. The molecule has 0 amide bonds. The molecule has 2 N–H and O–H groups in total. The third kappa shape index (κ3) is 3.22. The van der Waals surface area contributed by atoms with Gasteiger partial charge >= 0.3 is 6.61 Å². The quantitative estimate of drug-likeness (QED) is 0.808. The Morgan fingerprint density at radius 2 is 1.87 bits per heavy atom. The molecule has 5 nitrogen and oxygen atoms in total. The van der Waals surface area contributed by atoms with Gasteiger partial charge in [-0.15, -0.1) is 0 Å². The molecule has 2 aromatic rings. The van der Waals surface area contributed by atoms with E-state index in [-0.39, 0.29) is 22.9 Å². The molecule has 0 saturated heterocycles. The Kier molecular flexibility index (Phi) is 4.79. The number of ketones is 1. The number of nitrogens with two attached hydrogens (primary N) is 1. The average Bonchev–Trinajstić information content (AvgIpc) is 3.02. The molecule has 1 heterocycles. The first-order chi connectivity index (χ1) is 14.1. The monoisotopic (exact) mass is 413 g/mol. The largest absolute Gasteiger partial charge is 0.435 e. The number of hydrogen-bond acceptors (Lipinski definition) is 5. The zero-order chi connectivity index (χ0) is 21.7. The predicted octanol–water partition coefficient (Wildman–Crippen LogP) is 3.87. The summed E-state index contributed by atoms with van der Waals surface area (Å²) in [5, 5.41) is 0. The number of Topliss-reactive ketones (excluding diaryl/α,β-unsaturated/α-hetero) is 1. The maximum absolute atomic E-state index is 12.5. The van der Waals surface area contributed by atoms with E-state index in [1.54, 1.807) is 12.1 Å². The van der Waals surface area contributed by atoms with E-state index in [1.807, 2.05) is 44.0 Å². The summed E-state index contributed by atoms with van der Waals surface area (Å²) in [5.41, 5.74) is 7.86. The lowest BCUT2D eigenvalue weighted by atomic mass is 9.59. The van der Waals surface area contributed by atoms with Crippen LogP contribution in [0.3, 0.4) is 0 Å². The van der Waals surface area contributed by atoms with Gasteiger partial charge in [0.2, 0.25) is 0 Å². The Bertz CT molecular complexity index is 1000. The third-order valence-corrected chi connectivity index (χ3v) is 6.47. The lowest BCUT2D eigenvalue weighted by Gasteiger charge is -2.43. The summed E-state index contributed by atoms with van der Waals surface area (Å²) >= 11 is 0. The summed E-state index contributed by atoms with van der Waals surface area (Å²) in [7, 11) is 1.87. The first-order valence-corrected chi connectivity index (χ1v) is 9.89. The zero-order valence-corrected chi connectivity index (χ0v) is 17.2. The van der Waals surface area contributed by atoms with Crippen LogP contribution in [0, 0.1) is 5.41 Å². The molecule has 2 aliphatic rings. The molecular weight excluding hydrogens is 388 g/mol. The molecule has 7 heteroatoms. The lowest BCUT2D eigenvalue weighted by molar-refractivity contribution is -0.137. The van der Waals surface area contributed by atoms with Crippen LogP contribution in [-0.2, 0) is 10.3 Å². The maximum atomic E-state index is 12.5. The van der Waals surface area contributed by atoms with E-state index < -0.39 is 12.2 Å². The van der Waals surface area contributed by atoms with Crippen LogP contribution in [-0.4, -0.2) is 36.8 Å². The molecule has 2 aromatic carbocycles. The van der Waals surface area contributed by atoms with Crippen molar-refractivity contribution < 1.29 is 18.3 Å². The Labute approximate surface area is 174 Å². The number of carbonyl (C=O) groups excluding carboxylic acids is 1. The molecule has 30 heavy (non-hydrogen) atoms. The van der Waals surface area contributed by atoms with Gasteiger partial charge in [-0.25, -0.2) is 4.99 Å². The SMILES string of the molecule is CN1CC(c2ccc(OC(F)F)cc2)(c2cccc(C3CC(=O)C3(C)C)c2)N=C1N. The van der Waals surface area contributed by atoms with E-state index in [0.29, 0.717) is 18.9 Å². The van der Waals surface area contributed by atoms with Gasteiger partial charge in [0, 0.05) is 24.8 Å². The van der Waals surface area contributed by atoms with Crippen LogP contribution in [0.5, 0.6) is 5.75 Å². The zero-order valence-electron chi connectivity index (χ0n) is 17.2. The highest BCUT2D eigenvalue weighted by molar-refractivity contribution is 5.92. The average molecular weight is 413 g/mol. The Balaban J connectivity index is 1.76. The summed E-state index contributed by atoms with van der Waals surface area (Å²) in [4.78, 5) is 18.7. The molecule has 158 valence electrons. The van der Waals surface area contributed by atoms with Crippen LogP contribution in [0.2, 0.25) is 0 Å². The van der Waals surface area contributed by atoms with Crippen LogP contribution in [0.1, 0.15) is 42.9 Å². The van der Waals surface area contributed by atoms with Crippen molar-refractivity contribution in [1.29, 1.82) is 0 Å². The van der Waals surface area contributed by atoms with Gasteiger partial charge in [-0.3, -0.25) is 4.79 Å². The fourth-order valence-corrected chi connectivity index (χ4v) is 4.44. The first kappa shape index (κ1) is 20.3. The summed E-state index contributed by atoms with van der Waals surface area (Å²) < 4.78 is 29.5. The van der Waals surface area contributed by atoms with Gasteiger partial charge < -0.3 is 15.4 Å². The van der Waals surface area contributed by atoms with Crippen molar-refractivity contribution in [2.24, 2.45) is 16.1 Å². The number of halogens is 2. The Morgan fingerprint density at radius 3 is 2.40 bits per heavy atom. The summed E-state index contributed by atoms with van der Waals surface area (Å²) in [6.45, 7) is 1.60. The first-order valence-electron chi connectivity index (χ1n) is 9.89. The highest BCUT2D eigenvalue weighted by Crippen LogP contribution is 2.50. The third-order valence-electron chi connectivity index (χ3n) is 6.47. The van der Waals surface area contributed by atoms with Crippen LogP contribution in [0.4, 0.5) is 8.78 Å². The predicted molar refractivity (Wildman–Crippen MR) is 111 cm³/mol. The lowest BCUT2D eigenvalue weighted by Crippen LogP contribution is -2.43. The van der Waals surface area contributed by atoms with Gasteiger partial charge in [-0.1, -0.05) is 50.2 Å². The molecule has 0 radical (unpaired) electrons. The molecule has 1 aliphatic carbocycles. The van der Waals surface area contributed by atoms with E-state index in [2.05, 4.69) is 10.8 Å². The number of hydrogen-bond donors (Lipinski definition) is 1. The van der Waals surface area contributed by atoms with E-state index in [0.717, 1.165) is 16.7 Å². The van der Waals surface area contributed by atoms with Gasteiger partial charge in [0.05, 0.1) is 6.54 Å². The second kappa shape index (κ2) is 7.07. The molecule has 1 saturated carbocycles. The minimum Gasteiger partial charge on any atom is -0.435 e. The molecule has 1 fully saturated rings. The number of ether oxygens (including phenoxy) is 1. The summed E-state index contributed by atoms with van der Waals surface area (Å²) in [5.74, 6) is 0.928. The van der Waals surface area contributed by atoms with Gasteiger partial charge in [0.15, 0.2) is 5.96 Å². The minimum atomic E-state index is -2.87. The van der Waals surface area contributed by atoms with Crippen LogP contribution < -0.4 is 10.5 Å². The van der Waals surface area contributed by atoms with Crippen LogP contribution >= 0.6 is 0 Å². The van der Waals surface area contributed by atoms with Crippen molar-refractivity contribution >= 4 is 11.7 Å². The Hall–Kier alpha value is -2.96. The Morgan fingerprint density at radius 1 is 1.17 bits per heavy atom. The second-order valence-corrected chi connectivity index (χ2v) is 8.62. The smallest absolute Gasteiger partial charge is 0.387 e. The van der Waals surface area contributed by atoms with Crippen molar-refractivity contribution in [3.8, 4) is 5.75 Å². The van der Waals surface area contributed by atoms with Crippen molar-refractivity contribution in [3.05, 3.63) is 65.2 Å². The van der Waals surface area contributed by atoms with Gasteiger partial charge in [0.1, 0.15) is 17.1 Å². The number of benzene rings is 2. The molecule has 4 rings (SSSR count). The minimum absolute atomic E-state index is 0.0932. The van der Waals surface area contributed by atoms with Crippen molar-refractivity contribution in [2.45, 2.75) is 38.3 Å². The highest BCUT2D eigenvalue weighted by atomic mass is 19.3. The van der Waals surface area contributed by atoms with Crippen LogP contribution in [0.25, 0.3) is 0 Å². The fourth-order valence-electron chi connectivity index (χ4n) is 4.44. The van der Waals surface area contributed by atoms with Gasteiger partial charge in [-0.05, 0) is 28.8 Å². The van der Waals surface area contributed by atoms with E-state index in [1.165, 1.54) is 12.1 Å². The number of aliphatic imine (C=N–C) groups is 1. The van der Waals surface area contributed by atoms with Crippen LogP contribution in [0.15, 0.2) is 53.5 Å². The standard InChI is InChI=1S/C23H25F2N3O2/c1-22(2)18(12-19(22)29)14-5-4-6-16(11-14)23(13-28(3)21(26)27-23)15-7-9-17(10-8-15)30-20(24)25/h4-11,18,20H,12-13H2,1-3H3,(H2,26,27). The molecule has 2 atom stereocenters. The summed E-state index contributed by atoms with van der Waals surface area (Å²) in [6, 6.07) is 14.6. The molecule has 2 unspecified atom stereocenters. The number of nitrogens with zero attached hydrogens (tertiary/aromatic N) is 2. The number of rotatable bonds is 5. The van der Waals surface area contributed by atoms with E-state index in [4.69, 9.17) is 10.7 Å². The highest BCUT2D eigenvalue weighted by Gasteiger charge is 2.48.